The summed E-state index contributed by atoms with van der Waals surface area (Å²) in [7, 11) is 3.95. The molecule has 0 radical (unpaired) electrons. The van der Waals surface area contributed by atoms with Crippen molar-refractivity contribution >= 4 is 23.3 Å². The average Bonchev–Trinajstić information content (AvgIpc) is 3.13. The van der Waals surface area contributed by atoms with Gasteiger partial charge >= 0.3 is 6.03 Å². The molecule has 1 saturated heterocycles. The first kappa shape index (κ1) is 21.0. The number of hydrogen-bond acceptors (Lipinski definition) is 4. The van der Waals surface area contributed by atoms with E-state index >= 15 is 0 Å². The van der Waals surface area contributed by atoms with Crippen LogP contribution in [0.3, 0.4) is 0 Å². The van der Waals surface area contributed by atoms with Gasteiger partial charge in [-0.25, -0.2) is 4.79 Å². The lowest BCUT2D eigenvalue weighted by molar-refractivity contribution is -0.133. The Balaban J connectivity index is 2.22. The molecule has 1 fully saturated rings. The molecule has 0 saturated carbocycles. The number of amides is 3. The summed E-state index contributed by atoms with van der Waals surface area (Å²) in [6.07, 6.45) is 2.61. The Morgan fingerprint density at radius 2 is 2.04 bits per heavy atom. The van der Waals surface area contributed by atoms with Crippen molar-refractivity contribution in [2.75, 3.05) is 44.0 Å². The van der Waals surface area contributed by atoms with Gasteiger partial charge in [0, 0.05) is 58.1 Å². The molecular formula is C20H32N4O3. The molecule has 7 heteroatoms. The van der Waals surface area contributed by atoms with E-state index in [-0.39, 0.29) is 18.0 Å². The van der Waals surface area contributed by atoms with Crippen molar-refractivity contribution in [3.8, 4) is 0 Å². The highest BCUT2D eigenvalue weighted by Gasteiger charge is 2.23. The maximum Gasteiger partial charge on any atom is 0.319 e. The molecule has 27 heavy (non-hydrogen) atoms. The lowest BCUT2D eigenvalue weighted by atomic mass is 10.1. The van der Waals surface area contributed by atoms with Crippen molar-refractivity contribution < 1.29 is 14.3 Å². The van der Waals surface area contributed by atoms with Crippen LogP contribution in [0.4, 0.5) is 16.2 Å². The average molecular weight is 377 g/mol. The van der Waals surface area contributed by atoms with Crippen LogP contribution in [0.1, 0.15) is 38.7 Å². The van der Waals surface area contributed by atoms with E-state index in [0.717, 1.165) is 30.7 Å². The van der Waals surface area contributed by atoms with Gasteiger partial charge in [0.2, 0.25) is 5.91 Å². The number of anilines is 2. The number of nitrogens with one attached hydrogen (secondary N) is 2. The molecule has 0 aliphatic carbocycles. The second-order valence-electron chi connectivity index (χ2n) is 6.99. The maximum atomic E-state index is 12.5. The van der Waals surface area contributed by atoms with E-state index < -0.39 is 0 Å². The first-order valence-corrected chi connectivity index (χ1v) is 9.69. The zero-order valence-electron chi connectivity index (χ0n) is 16.9. The van der Waals surface area contributed by atoms with E-state index in [0.29, 0.717) is 31.7 Å². The van der Waals surface area contributed by atoms with Crippen LogP contribution in [-0.4, -0.2) is 56.7 Å². The summed E-state index contributed by atoms with van der Waals surface area (Å²) in [6, 6.07) is 5.55. The summed E-state index contributed by atoms with van der Waals surface area (Å²) in [4.78, 5) is 28.2. The first-order chi connectivity index (χ1) is 12.9. The number of hydrogen-bond donors (Lipinski definition) is 2. The van der Waals surface area contributed by atoms with E-state index in [4.69, 9.17) is 4.74 Å². The molecule has 0 bridgehead atoms. The summed E-state index contributed by atoms with van der Waals surface area (Å²) in [5.74, 6) is 0.109. The standard InChI is InChI=1S/C20H32N4O3/c1-5-19(25)24(14-17-8-7-11-27-17)13-15-12-16(22-20(26)21-6-2)9-10-18(15)23(3)4/h9-10,12,17H,5-8,11,13-14H2,1-4H3,(H2,21,22,26)/t17-/m1/s1. The van der Waals surface area contributed by atoms with Crippen LogP contribution in [0, 0.1) is 0 Å². The molecule has 2 N–H and O–H groups in total. The summed E-state index contributed by atoms with van der Waals surface area (Å²) in [5, 5.41) is 5.57. The minimum atomic E-state index is -0.234. The van der Waals surface area contributed by atoms with Crippen LogP contribution < -0.4 is 15.5 Å². The van der Waals surface area contributed by atoms with Crippen LogP contribution in [0.5, 0.6) is 0 Å². The molecule has 1 aliphatic heterocycles. The normalized spacial score (nSPS) is 16.1. The highest BCUT2D eigenvalue weighted by Crippen LogP contribution is 2.25. The van der Waals surface area contributed by atoms with Crippen molar-refractivity contribution in [1.82, 2.24) is 10.2 Å². The van der Waals surface area contributed by atoms with Gasteiger partial charge < -0.3 is 25.2 Å². The van der Waals surface area contributed by atoms with Gasteiger partial charge in [0.25, 0.3) is 0 Å². The van der Waals surface area contributed by atoms with Gasteiger partial charge in [-0.3, -0.25) is 4.79 Å². The number of benzene rings is 1. The lowest BCUT2D eigenvalue weighted by Crippen LogP contribution is -2.37. The van der Waals surface area contributed by atoms with Gasteiger partial charge in [-0.2, -0.15) is 0 Å². The number of ether oxygens (including phenoxy) is 1. The molecule has 1 aromatic rings. The van der Waals surface area contributed by atoms with Crippen molar-refractivity contribution in [2.24, 2.45) is 0 Å². The maximum absolute atomic E-state index is 12.5. The summed E-state index contributed by atoms with van der Waals surface area (Å²) < 4.78 is 5.73. The van der Waals surface area contributed by atoms with Gasteiger partial charge in [-0.05, 0) is 43.5 Å². The molecular weight excluding hydrogens is 344 g/mol. The molecule has 3 amide bonds. The Morgan fingerprint density at radius 3 is 2.63 bits per heavy atom. The number of nitrogens with zero attached hydrogens (tertiary/aromatic N) is 2. The van der Waals surface area contributed by atoms with Crippen molar-refractivity contribution in [3.63, 3.8) is 0 Å². The minimum absolute atomic E-state index is 0.109. The Morgan fingerprint density at radius 1 is 1.26 bits per heavy atom. The van der Waals surface area contributed by atoms with Crippen molar-refractivity contribution in [2.45, 2.75) is 45.8 Å². The Kier molecular flexibility index (Phi) is 7.91. The third-order valence-electron chi connectivity index (χ3n) is 4.62. The number of carbonyl (C=O) groups is 2. The highest BCUT2D eigenvalue weighted by molar-refractivity contribution is 5.89. The Bertz CT molecular complexity index is 642. The molecule has 0 unspecified atom stereocenters. The summed E-state index contributed by atoms with van der Waals surface area (Å²) in [6.45, 7) is 6.19. The third kappa shape index (κ3) is 6.13. The van der Waals surface area contributed by atoms with Crippen molar-refractivity contribution in [1.29, 1.82) is 0 Å². The Labute approximate surface area is 162 Å². The number of rotatable bonds is 8. The van der Waals surface area contributed by atoms with Gasteiger partial charge in [-0.15, -0.1) is 0 Å². The van der Waals surface area contributed by atoms with Crippen molar-refractivity contribution in [3.05, 3.63) is 23.8 Å². The molecule has 1 aromatic carbocycles. The van der Waals surface area contributed by atoms with E-state index in [1.807, 2.05) is 55.9 Å². The molecule has 1 heterocycles. The van der Waals surface area contributed by atoms with Crippen LogP contribution >= 0.6 is 0 Å². The van der Waals surface area contributed by atoms with Gasteiger partial charge in [-0.1, -0.05) is 6.92 Å². The van der Waals surface area contributed by atoms with Gasteiger partial charge in [0.15, 0.2) is 0 Å². The van der Waals surface area contributed by atoms with E-state index in [2.05, 4.69) is 10.6 Å². The number of urea groups is 1. The summed E-state index contributed by atoms with van der Waals surface area (Å²) >= 11 is 0. The molecule has 0 spiro atoms. The number of carbonyl (C=O) groups excluding carboxylic acids is 2. The zero-order chi connectivity index (χ0) is 19.8. The fourth-order valence-corrected chi connectivity index (χ4v) is 3.28. The molecule has 0 aromatic heterocycles. The fourth-order valence-electron chi connectivity index (χ4n) is 3.28. The molecule has 1 aliphatic rings. The van der Waals surface area contributed by atoms with E-state index in [1.54, 1.807) is 0 Å². The predicted molar refractivity (Wildman–Crippen MR) is 108 cm³/mol. The molecule has 2 rings (SSSR count). The summed E-state index contributed by atoms with van der Waals surface area (Å²) in [5.41, 5.74) is 2.73. The molecule has 7 nitrogen and oxygen atoms in total. The third-order valence-corrected chi connectivity index (χ3v) is 4.62. The first-order valence-electron chi connectivity index (χ1n) is 9.69. The van der Waals surface area contributed by atoms with E-state index in [9.17, 15) is 9.59 Å². The highest BCUT2D eigenvalue weighted by atomic mass is 16.5. The SMILES string of the molecule is CCNC(=O)Nc1ccc(N(C)C)c(CN(C[C@H]2CCCO2)C(=O)CC)c1. The smallest absolute Gasteiger partial charge is 0.319 e. The molecule has 1 atom stereocenters. The Hall–Kier alpha value is -2.28. The topological polar surface area (TPSA) is 73.9 Å². The quantitative estimate of drug-likeness (QED) is 0.732. The van der Waals surface area contributed by atoms with Crippen LogP contribution in [0.2, 0.25) is 0 Å². The van der Waals surface area contributed by atoms with Gasteiger partial charge in [0.05, 0.1) is 6.10 Å². The molecule has 150 valence electrons. The largest absolute Gasteiger partial charge is 0.377 e. The van der Waals surface area contributed by atoms with Crippen LogP contribution in [-0.2, 0) is 16.1 Å². The monoisotopic (exact) mass is 376 g/mol. The predicted octanol–water partition coefficient (Wildman–Crippen LogP) is 2.81. The zero-order valence-corrected chi connectivity index (χ0v) is 16.9. The van der Waals surface area contributed by atoms with Crippen LogP contribution in [0.25, 0.3) is 0 Å². The fraction of sp³-hybridized carbons (Fsp3) is 0.600. The lowest BCUT2D eigenvalue weighted by Gasteiger charge is -2.28. The minimum Gasteiger partial charge on any atom is -0.377 e. The van der Waals surface area contributed by atoms with Gasteiger partial charge in [0.1, 0.15) is 0 Å². The van der Waals surface area contributed by atoms with Crippen LogP contribution in [0.15, 0.2) is 18.2 Å². The second-order valence-corrected chi connectivity index (χ2v) is 6.99. The second kappa shape index (κ2) is 10.2. The van der Waals surface area contributed by atoms with E-state index in [1.165, 1.54) is 0 Å².